The summed E-state index contributed by atoms with van der Waals surface area (Å²) in [4.78, 5) is 25.0. The third-order valence-electron chi connectivity index (χ3n) is 4.82. The first-order valence-electron chi connectivity index (χ1n) is 10.3. The summed E-state index contributed by atoms with van der Waals surface area (Å²) in [5.74, 6) is 0.488. The SMILES string of the molecule is C=CCn1c(SCC(=O)Nc2ccccc2C)nnc1[C@@H](C)NC(=O)c1cccc(C)c1. The van der Waals surface area contributed by atoms with Gasteiger partial charge < -0.3 is 15.2 Å². The molecule has 0 saturated carbocycles. The summed E-state index contributed by atoms with van der Waals surface area (Å²) >= 11 is 1.29. The van der Waals surface area contributed by atoms with Gasteiger partial charge in [-0.25, -0.2) is 0 Å². The molecule has 1 aromatic heterocycles. The fourth-order valence-corrected chi connectivity index (χ4v) is 3.94. The van der Waals surface area contributed by atoms with Crippen LogP contribution in [0.25, 0.3) is 0 Å². The van der Waals surface area contributed by atoms with Crippen LogP contribution in [0.5, 0.6) is 0 Å². The number of amides is 2. The fourth-order valence-electron chi connectivity index (χ4n) is 3.19. The van der Waals surface area contributed by atoms with E-state index in [1.807, 2.05) is 67.8 Å². The van der Waals surface area contributed by atoms with E-state index in [9.17, 15) is 9.59 Å². The number of carbonyl (C=O) groups excluding carboxylic acids is 2. The summed E-state index contributed by atoms with van der Waals surface area (Å²) in [5.41, 5.74) is 3.40. The highest BCUT2D eigenvalue weighted by Crippen LogP contribution is 2.22. The zero-order chi connectivity index (χ0) is 23.1. The standard InChI is InChI=1S/C24H27N5O2S/c1-5-13-29-22(18(4)25-23(31)19-11-8-9-16(2)14-19)27-28-24(29)32-15-21(30)26-20-12-7-6-10-17(20)3/h5-12,14,18H,1,13,15H2,2-4H3,(H,25,31)(H,26,30)/t18-/m1/s1. The molecule has 0 aliphatic heterocycles. The molecule has 0 bridgehead atoms. The van der Waals surface area contributed by atoms with E-state index in [-0.39, 0.29) is 23.6 Å². The maximum absolute atomic E-state index is 12.6. The van der Waals surface area contributed by atoms with Crippen molar-refractivity contribution in [2.24, 2.45) is 0 Å². The lowest BCUT2D eigenvalue weighted by atomic mass is 10.1. The molecule has 7 nitrogen and oxygen atoms in total. The monoisotopic (exact) mass is 449 g/mol. The van der Waals surface area contributed by atoms with Crippen LogP contribution in [0, 0.1) is 13.8 Å². The molecule has 1 atom stereocenters. The molecule has 2 N–H and O–H groups in total. The van der Waals surface area contributed by atoms with Crippen molar-refractivity contribution in [1.29, 1.82) is 0 Å². The van der Waals surface area contributed by atoms with Crippen LogP contribution in [0.2, 0.25) is 0 Å². The number of rotatable bonds is 9. The Balaban J connectivity index is 1.67. The van der Waals surface area contributed by atoms with Crippen LogP contribution >= 0.6 is 11.8 Å². The van der Waals surface area contributed by atoms with E-state index in [0.29, 0.717) is 23.1 Å². The van der Waals surface area contributed by atoms with Crippen molar-refractivity contribution in [3.05, 3.63) is 83.7 Å². The number of nitrogens with one attached hydrogen (secondary N) is 2. The normalized spacial score (nSPS) is 11.6. The number of nitrogens with zero attached hydrogens (tertiary/aromatic N) is 3. The van der Waals surface area contributed by atoms with Crippen LogP contribution in [0.3, 0.4) is 0 Å². The third kappa shape index (κ3) is 5.85. The summed E-state index contributed by atoms with van der Waals surface area (Å²) in [5, 5.41) is 15.0. The van der Waals surface area contributed by atoms with Gasteiger partial charge in [-0.15, -0.1) is 16.8 Å². The van der Waals surface area contributed by atoms with Gasteiger partial charge in [0.05, 0.1) is 11.8 Å². The Labute approximate surface area is 192 Å². The highest BCUT2D eigenvalue weighted by molar-refractivity contribution is 7.99. The van der Waals surface area contributed by atoms with Crippen LogP contribution in [-0.4, -0.2) is 32.3 Å². The maximum Gasteiger partial charge on any atom is 0.251 e. The van der Waals surface area contributed by atoms with E-state index in [0.717, 1.165) is 16.8 Å². The number of hydrogen-bond acceptors (Lipinski definition) is 5. The van der Waals surface area contributed by atoms with Gasteiger partial charge in [0.15, 0.2) is 11.0 Å². The van der Waals surface area contributed by atoms with Crippen LogP contribution in [0.4, 0.5) is 5.69 Å². The van der Waals surface area contributed by atoms with Gasteiger partial charge in [0.1, 0.15) is 0 Å². The Morgan fingerprint density at radius 1 is 1.16 bits per heavy atom. The molecule has 8 heteroatoms. The van der Waals surface area contributed by atoms with E-state index in [4.69, 9.17) is 0 Å². The molecule has 2 amide bonds. The highest BCUT2D eigenvalue weighted by Gasteiger charge is 2.20. The van der Waals surface area contributed by atoms with Crippen LogP contribution < -0.4 is 10.6 Å². The maximum atomic E-state index is 12.6. The van der Waals surface area contributed by atoms with Crippen LogP contribution in [-0.2, 0) is 11.3 Å². The first kappa shape index (κ1) is 23.3. The van der Waals surface area contributed by atoms with Gasteiger partial charge in [-0.05, 0) is 44.5 Å². The minimum atomic E-state index is -0.370. The predicted octanol–water partition coefficient (Wildman–Crippen LogP) is 4.30. The van der Waals surface area contributed by atoms with Gasteiger partial charge in [0.25, 0.3) is 5.91 Å². The van der Waals surface area contributed by atoms with Gasteiger partial charge in [0, 0.05) is 17.8 Å². The molecule has 0 saturated heterocycles. The first-order valence-corrected chi connectivity index (χ1v) is 11.3. The highest BCUT2D eigenvalue weighted by atomic mass is 32.2. The topological polar surface area (TPSA) is 88.9 Å². The molecule has 32 heavy (non-hydrogen) atoms. The predicted molar refractivity (Wildman–Crippen MR) is 128 cm³/mol. The minimum Gasteiger partial charge on any atom is -0.342 e. The van der Waals surface area contributed by atoms with Gasteiger partial charge in [-0.2, -0.15) is 0 Å². The molecule has 3 rings (SSSR count). The number of carbonyl (C=O) groups is 2. The van der Waals surface area contributed by atoms with Crippen molar-refractivity contribution in [3.8, 4) is 0 Å². The van der Waals surface area contributed by atoms with Gasteiger partial charge in [-0.3, -0.25) is 9.59 Å². The third-order valence-corrected chi connectivity index (χ3v) is 5.79. The van der Waals surface area contributed by atoms with E-state index >= 15 is 0 Å². The second-order valence-electron chi connectivity index (χ2n) is 7.46. The summed E-state index contributed by atoms with van der Waals surface area (Å²) in [6, 6.07) is 14.7. The number of hydrogen-bond donors (Lipinski definition) is 2. The largest absolute Gasteiger partial charge is 0.342 e. The van der Waals surface area contributed by atoms with E-state index in [1.54, 1.807) is 12.1 Å². The van der Waals surface area contributed by atoms with E-state index < -0.39 is 0 Å². The van der Waals surface area contributed by atoms with Crippen molar-refractivity contribution >= 4 is 29.3 Å². The number of aryl methyl sites for hydroxylation is 2. The molecule has 0 fully saturated rings. The number of para-hydroxylation sites is 1. The Morgan fingerprint density at radius 3 is 2.66 bits per heavy atom. The van der Waals surface area contributed by atoms with Crippen LogP contribution in [0.1, 0.15) is 40.3 Å². The second-order valence-corrected chi connectivity index (χ2v) is 8.40. The van der Waals surface area contributed by atoms with Crippen molar-refractivity contribution < 1.29 is 9.59 Å². The summed E-state index contributed by atoms with van der Waals surface area (Å²) < 4.78 is 1.86. The van der Waals surface area contributed by atoms with E-state index in [1.165, 1.54) is 11.8 Å². The molecule has 0 radical (unpaired) electrons. The average Bonchev–Trinajstić information content (AvgIpc) is 3.17. The molecule has 166 valence electrons. The summed E-state index contributed by atoms with van der Waals surface area (Å²) in [7, 11) is 0. The lowest BCUT2D eigenvalue weighted by molar-refractivity contribution is -0.113. The molecule has 0 aliphatic rings. The smallest absolute Gasteiger partial charge is 0.251 e. The van der Waals surface area contributed by atoms with Crippen molar-refractivity contribution in [1.82, 2.24) is 20.1 Å². The molecule has 0 aliphatic carbocycles. The lowest BCUT2D eigenvalue weighted by Crippen LogP contribution is -2.29. The number of anilines is 1. The number of thioether (sulfide) groups is 1. The Hall–Kier alpha value is -3.39. The van der Waals surface area contributed by atoms with Gasteiger partial charge >= 0.3 is 0 Å². The second kappa shape index (κ2) is 10.8. The Morgan fingerprint density at radius 2 is 1.94 bits per heavy atom. The molecular weight excluding hydrogens is 422 g/mol. The number of benzene rings is 2. The molecule has 3 aromatic rings. The number of aromatic nitrogens is 3. The van der Waals surface area contributed by atoms with Gasteiger partial charge in [-0.1, -0.05) is 53.7 Å². The fraction of sp³-hybridized carbons (Fsp3) is 0.250. The molecule has 0 unspecified atom stereocenters. The first-order chi connectivity index (χ1) is 15.4. The zero-order valence-electron chi connectivity index (χ0n) is 18.5. The van der Waals surface area contributed by atoms with E-state index in [2.05, 4.69) is 27.4 Å². The lowest BCUT2D eigenvalue weighted by Gasteiger charge is -2.15. The molecular formula is C24H27N5O2S. The molecule has 1 heterocycles. The Kier molecular flexibility index (Phi) is 7.83. The average molecular weight is 450 g/mol. The minimum absolute atomic E-state index is 0.125. The number of allylic oxidation sites excluding steroid dienone is 1. The summed E-state index contributed by atoms with van der Waals surface area (Å²) in [6.45, 7) is 10.0. The van der Waals surface area contributed by atoms with Crippen molar-refractivity contribution in [2.75, 3.05) is 11.1 Å². The quantitative estimate of drug-likeness (QED) is 0.376. The van der Waals surface area contributed by atoms with Crippen molar-refractivity contribution in [3.63, 3.8) is 0 Å². The van der Waals surface area contributed by atoms with Crippen LogP contribution in [0.15, 0.2) is 66.3 Å². The molecule has 2 aromatic carbocycles. The molecule has 0 spiro atoms. The zero-order valence-corrected chi connectivity index (χ0v) is 19.3. The Bertz CT molecular complexity index is 1130. The summed E-state index contributed by atoms with van der Waals surface area (Å²) in [6.07, 6.45) is 1.74. The van der Waals surface area contributed by atoms with Crippen molar-refractivity contribution in [2.45, 2.75) is 38.5 Å². The van der Waals surface area contributed by atoms with Gasteiger partial charge in [0.2, 0.25) is 5.91 Å².